The molecule has 5 rings (SSSR count). The van der Waals surface area contributed by atoms with Crippen LogP contribution < -0.4 is 0 Å². The predicted molar refractivity (Wildman–Crippen MR) is 103 cm³/mol. The van der Waals surface area contributed by atoms with Gasteiger partial charge in [0.15, 0.2) is 5.65 Å². The predicted octanol–water partition coefficient (Wildman–Crippen LogP) is 2.23. The first-order valence-electron chi connectivity index (χ1n) is 9.26. The van der Waals surface area contributed by atoms with E-state index in [4.69, 9.17) is 0 Å². The highest BCUT2D eigenvalue weighted by Crippen LogP contribution is 2.27. The molecule has 1 fully saturated rings. The number of pyridine rings is 2. The van der Waals surface area contributed by atoms with Gasteiger partial charge in [-0.05, 0) is 30.2 Å². The van der Waals surface area contributed by atoms with Gasteiger partial charge in [-0.15, -0.1) is 0 Å². The SMILES string of the molecule is O=C(c1cnc2c(c1)ncn2Cc1cccnc1)N1CCC(c2ccn[nH]2)C1. The molecule has 28 heavy (non-hydrogen) atoms. The summed E-state index contributed by atoms with van der Waals surface area (Å²) in [5.41, 5.74) is 4.21. The molecule has 0 spiro atoms. The maximum Gasteiger partial charge on any atom is 0.255 e. The van der Waals surface area contributed by atoms with Gasteiger partial charge >= 0.3 is 0 Å². The van der Waals surface area contributed by atoms with E-state index in [0.29, 0.717) is 24.6 Å². The third kappa shape index (κ3) is 3.02. The Morgan fingerprint density at radius 1 is 1.21 bits per heavy atom. The summed E-state index contributed by atoms with van der Waals surface area (Å²) < 4.78 is 1.96. The second-order valence-electron chi connectivity index (χ2n) is 7.05. The molecule has 0 aromatic carbocycles. The van der Waals surface area contributed by atoms with Crippen molar-refractivity contribution in [2.75, 3.05) is 13.1 Å². The second-order valence-corrected chi connectivity index (χ2v) is 7.05. The van der Waals surface area contributed by atoms with Crippen molar-refractivity contribution in [3.63, 3.8) is 0 Å². The van der Waals surface area contributed by atoms with Gasteiger partial charge in [-0.1, -0.05) is 6.07 Å². The van der Waals surface area contributed by atoms with Crippen molar-refractivity contribution in [1.82, 2.24) is 34.6 Å². The molecule has 0 bridgehead atoms. The summed E-state index contributed by atoms with van der Waals surface area (Å²) in [6, 6.07) is 7.72. The van der Waals surface area contributed by atoms with E-state index in [1.807, 2.05) is 39.9 Å². The summed E-state index contributed by atoms with van der Waals surface area (Å²) in [5, 5.41) is 7.02. The minimum Gasteiger partial charge on any atom is -0.338 e. The molecule has 1 aliphatic heterocycles. The fraction of sp³-hybridized carbons (Fsp3) is 0.250. The maximum absolute atomic E-state index is 12.9. The van der Waals surface area contributed by atoms with Crippen LogP contribution in [0.25, 0.3) is 11.2 Å². The van der Waals surface area contributed by atoms with E-state index in [-0.39, 0.29) is 5.91 Å². The van der Waals surface area contributed by atoms with Crippen molar-refractivity contribution in [1.29, 1.82) is 0 Å². The van der Waals surface area contributed by atoms with Crippen LogP contribution in [-0.4, -0.2) is 53.6 Å². The molecule has 140 valence electrons. The average molecular weight is 373 g/mol. The van der Waals surface area contributed by atoms with E-state index in [0.717, 1.165) is 35.4 Å². The first-order valence-corrected chi connectivity index (χ1v) is 9.26. The van der Waals surface area contributed by atoms with Crippen LogP contribution in [0.4, 0.5) is 0 Å². The lowest BCUT2D eigenvalue weighted by Gasteiger charge is -2.16. The number of aromatic nitrogens is 6. The number of amides is 1. The smallest absolute Gasteiger partial charge is 0.255 e. The topological polar surface area (TPSA) is 92.6 Å². The van der Waals surface area contributed by atoms with Gasteiger partial charge in [0.2, 0.25) is 0 Å². The molecule has 4 aromatic heterocycles. The van der Waals surface area contributed by atoms with E-state index in [1.54, 1.807) is 24.9 Å². The molecule has 1 aliphatic rings. The number of hydrogen-bond acceptors (Lipinski definition) is 5. The Morgan fingerprint density at radius 3 is 3.00 bits per heavy atom. The quantitative estimate of drug-likeness (QED) is 0.592. The largest absolute Gasteiger partial charge is 0.338 e. The van der Waals surface area contributed by atoms with Crippen LogP contribution in [-0.2, 0) is 6.54 Å². The van der Waals surface area contributed by atoms with E-state index < -0.39 is 0 Å². The third-order valence-electron chi connectivity index (χ3n) is 5.22. The number of rotatable bonds is 4. The summed E-state index contributed by atoms with van der Waals surface area (Å²) >= 11 is 0. The number of hydrogen-bond donors (Lipinski definition) is 1. The van der Waals surface area contributed by atoms with Gasteiger partial charge in [0, 0.05) is 49.5 Å². The molecule has 0 aliphatic carbocycles. The highest BCUT2D eigenvalue weighted by Gasteiger charge is 2.29. The van der Waals surface area contributed by atoms with Gasteiger partial charge in [-0.2, -0.15) is 5.10 Å². The summed E-state index contributed by atoms with van der Waals surface area (Å²) in [6.45, 7) is 2.06. The number of H-pyrrole nitrogens is 1. The minimum absolute atomic E-state index is 0.00164. The molecular weight excluding hydrogens is 354 g/mol. The van der Waals surface area contributed by atoms with Crippen molar-refractivity contribution < 1.29 is 4.79 Å². The zero-order valence-electron chi connectivity index (χ0n) is 15.2. The summed E-state index contributed by atoms with van der Waals surface area (Å²) in [5.74, 6) is 0.306. The zero-order chi connectivity index (χ0) is 18.9. The normalized spacial score (nSPS) is 16.7. The van der Waals surface area contributed by atoms with Crippen molar-refractivity contribution in [3.8, 4) is 0 Å². The van der Waals surface area contributed by atoms with Crippen molar-refractivity contribution in [3.05, 3.63) is 72.2 Å². The van der Waals surface area contributed by atoms with Crippen LogP contribution in [0, 0.1) is 0 Å². The van der Waals surface area contributed by atoms with Crippen molar-refractivity contribution in [2.45, 2.75) is 18.9 Å². The van der Waals surface area contributed by atoms with Crippen LogP contribution in [0.2, 0.25) is 0 Å². The number of fused-ring (bicyclic) bond motifs is 1. The van der Waals surface area contributed by atoms with Gasteiger partial charge in [0.25, 0.3) is 5.91 Å². The monoisotopic (exact) mass is 373 g/mol. The first kappa shape index (κ1) is 16.6. The fourth-order valence-electron chi connectivity index (χ4n) is 3.74. The Bertz CT molecular complexity index is 1100. The Labute approximate surface area is 161 Å². The van der Waals surface area contributed by atoms with Gasteiger partial charge in [-0.25, -0.2) is 9.97 Å². The fourth-order valence-corrected chi connectivity index (χ4v) is 3.74. The minimum atomic E-state index is -0.00164. The number of carbonyl (C=O) groups excluding carboxylic acids is 1. The summed E-state index contributed by atoms with van der Waals surface area (Å²) in [4.78, 5) is 27.9. The molecule has 8 nitrogen and oxygen atoms in total. The number of carbonyl (C=O) groups is 1. The molecule has 1 atom stereocenters. The van der Waals surface area contributed by atoms with Crippen molar-refractivity contribution in [2.24, 2.45) is 0 Å². The molecule has 0 saturated carbocycles. The Morgan fingerprint density at radius 2 is 2.18 bits per heavy atom. The van der Waals surface area contributed by atoms with Crippen molar-refractivity contribution >= 4 is 17.1 Å². The van der Waals surface area contributed by atoms with Gasteiger partial charge in [0.05, 0.1) is 18.4 Å². The molecule has 1 saturated heterocycles. The summed E-state index contributed by atoms with van der Waals surface area (Å²) in [7, 11) is 0. The van der Waals surface area contributed by atoms with Crippen LogP contribution in [0.1, 0.15) is 34.0 Å². The highest BCUT2D eigenvalue weighted by molar-refractivity contribution is 5.96. The van der Waals surface area contributed by atoms with Gasteiger partial charge in [-0.3, -0.25) is 14.9 Å². The lowest BCUT2D eigenvalue weighted by Crippen LogP contribution is -2.28. The van der Waals surface area contributed by atoms with Gasteiger partial charge < -0.3 is 9.47 Å². The summed E-state index contributed by atoms with van der Waals surface area (Å²) in [6.07, 6.45) is 9.66. The Hall–Kier alpha value is -3.55. The molecular formula is C20H19N7O. The first-order chi connectivity index (χ1) is 13.8. The van der Waals surface area contributed by atoms with Crippen LogP contribution in [0.5, 0.6) is 0 Å². The third-order valence-corrected chi connectivity index (χ3v) is 5.22. The highest BCUT2D eigenvalue weighted by atomic mass is 16.2. The zero-order valence-corrected chi connectivity index (χ0v) is 15.2. The van der Waals surface area contributed by atoms with E-state index >= 15 is 0 Å². The lowest BCUT2D eigenvalue weighted by atomic mass is 10.1. The lowest BCUT2D eigenvalue weighted by molar-refractivity contribution is 0.0790. The van der Waals surface area contributed by atoms with E-state index in [9.17, 15) is 4.79 Å². The number of likely N-dealkylation sites (tertiary alicyclic amines) is 1. The van der Waals surface area contributed by atoms with E-state index in [2.05, 4.69) is 25.1 Å². The average Bonchev–Trinajstić information content (AvgIpc) is 3.48. The second kappa shape index (κ2) is 6.88. The molecule has 4 aromatic rings. The molecule has 8 heteroatoms. The number of nitrogens with one attached hydrogen (secondary N) is 1. The number of imidazole rings is 1. The molecule has 1 amide bonds. The molecule has 1 unspecified atom stereocenters. The van der Waals surface area contributed by atoms with Crippen LogP contribution in [0.15, 0.2) is 55.4 Å². The number of nitrogens with zero attached hydrogens (tertiary/aromatic N) is 6. The standard InChI is InChI=1S/C20H19N7O/c28-20(26-7-4-15(12-26)17-3-6-24-25-17)16-8-18-19(22-10-16)27(13-23-18)11-14-2-1-5-21-9-14/h1-3,5-6,8-10,13,15H,4,7,11-12H2,(H,24,25). The maximum atomic E-state index is 12.9. The van der Waals surface area contributed by atoms with E-state index in [1.165, 1.54) is 0 Å². The Kier molecular flexibility index (Phi) is 4.08. The molecule has 5 heterocycles. The molecule has 0 radical (unpaired) electrons. The Balaban J connectivity index is 1.35. The molecule has 1 N–H and O–H groups in total. The van der Waals surface area contributed by atoms with Crippen LogP contribution >= 0.6 is 0 Å². The van der Waals surface area contributed by atoms with Gasteiger partial charge in [0.1, 0.15) is 5.52 Å². The number of aromatic amines is 1. The van der Waals surface area contributed by atoms with Crippen LogP contribution in [0.3, 0.4) is 0 Å².